The Morgan fingerprint density at radius 2 is 1.74 bits per heavy atom. The predicted octanol–water partition coefficient (Wildman–Crippen LogP) is 5.72. The maximum absolute atomic E-state index is 6.20. The average Bonchev–Trinajstić information content (AvgIpc) is 2.64. The normalized spacial score (nSPS) is 32.5. The van der Waals surface area contributed by atoms with Crippen LogP contribution in [0.1, 0.15) is 72.1 Å². The maximum Gasteiger partial charge on any atom is 0.158 e. The molecule has 2 heterocycles. The van der Waals surface area contributed by atoms with E-state index in [2.05, 4.69) is 50.8 Å². The van der Waals surface area contributed by atoms with Crippen LogP contribution < -0.4 is 0 Å². The van der Waals surface area contributed by atoms with E-state index in [9.17, 15) is 0 Å². The van der Waals surface area contributed by atoms with Gasteiger partial charge in [-0.05, 0) is 65.7 Å². The molecule has 2 aliphatic rings. The van der Waals surface area contributed by atoms with E-state index in [-0.39, 0.29) is 12.4 Å². The first kappa shape index (κ1) is 22.0. The van der Waals surface area contributed by atoms with E-state index in [0.717, 1.165) is 45.1 Å². The second-order valence-corrected chi connectivity index (χ2v) is 7.71. The van der Waals surface area contributed by atoms with Crippen molar-refractivity contribution in [3.63, 3.8) is 0 Å². The molecule has 2 rings (SSSR count). The lowest BCUT2D eigenvalue weighted by molar-refractivity contribution is -0.177. The summed E-state index contributed by atoms with van der Waals surface area (Å²) in [5.41, 5.74) is 4.10. The highest BCUT2D eigenvalue weighted by atomic mass is 16.7. The monoisotopic (exact) mass is 372 g/mol. The first-order chi connectivity index (χ1) is 13.1. The van der Waals surface area contributed by atoms with Crippen molar-refractivity contribution < 1.29 is 14.2 Å². The summed E-state index contributed by atoms with van der Waals surface area (Å²) in [6.45, 7) is 8.48. The Labute approximate surface area is 165 Å². The summed E-state index contributed by atoms with van der Waals surface area (Å²) in [6, 6.07) is 0. The fraction of sp³-hybridized carbons (Fsp3) is 0.667. The molecular formula is C24H36O3. The molecule has 0 spiro atoms. The van der Waals surface area contributed by atoms with Gasteiger partial charge in [-0.2, -0.15) is 0 Å². The fourth-order valence-corrected chi connectivity index (χ4v) is 3.30. The van der Waals surface area contributed by atoms with E-state index in [1.165, 1.54) is 23.1 Å². The second kappa shape index (κ2) is 12.9. The topological polar surface area (TPSA) is 27.7 Å². The molecule has 27 heavy (non-hydrogen) atoms. The number of ether oxygens (including phenoxy) is 3. The molecule has 0 aromatic heterocycles. The number of hydrogen-bond donors (Lipinski definition) is 0. The zero-order chi connectivity index (χ0) is 19.3. The van der Waals surface area contributed by atoms with Gasteiger partial charge in [0.2, 0.25) is 0 Å². The van der Waals surface area contributed by atoms with E-state index in [4.69, 9.17) is 14.2 Å². The van der Waals surface area contributed by atoms with E-state index >= 15 is 0 Å². The van der Waals surface area contributed by atoms with Crippen LogP contribution in [0.15, 0.2) is 34.9 Å². The Balaban J connectivity index is 2.01. The van der Waals surface area contributed by atoms with Crippen molar-refractivity contribution in [2.24, 2.45) is 0 Å². The SMILES string of the molecule is C/C1=C\CC/C(C)=C/C(OC2CCCCO2)CC#CCOC/C(C)=C/CC1. The molecule has 150 valence electrons. The molecule has 0 amide bonds. The molecule has 3 nitrogen and oxygen atoms in total. The van der Waals surface area contributed by atoms with Gasteiger partial charge in [0, 0.05) is 13.0 Å². The van der Waals surface area contributed by atoms with Gasteiger partial charge in [0.1, 0.15) is 6.61 Å². The number of rotatable bonds is 2. The molecule has 0 saturated carbocycles. The minimum absolute atomic E-state index is 0.0111. The molecule has 1 saturated heterocycles. The van der Waals surface area contributed by atoms with Gasteiger partial charge in [-0.25, -0.2) is 0 Å². The highest BCUT2D eigenvalue weighted by Gasteiger charge is 2.18. The van der Waals surface area contributed by atoms with Crippen molar-refractivity contribution in [1.82, 2.24) is 0 Å². The van der Waals surface area contributed by atoms with Crippen molar-refractivity contribution in [3.8, 4) is 11.8 Å². The minimum atomic E-state index is -0.0881. The van der Waals surface area contributed by atoms with Gasteiger partial charge in [0.25, 0.3) is 0 Å². The van der Waals surface area contributed by atoms with Gasteiger partial charge >= 0.3 is 0 Å². The Hall–Kier alpha value is -1.34. The quantitative estimate of drug-likeness (QED) is 0.458. The summed E-state index contributed by atoms with van der Waals surface area (Å²) in [5.74, 6) is 6.36. The lowest BCUT2D eigenvalue weighted by atomic mass is 10.0. The zero-order valence-corrected chi connectivity index (χ0v) is 17.4. The van der Waals surface area contributed by atoms with Gasteiger partial charge < -0.3 is 14.2 Å². The molecule has 2 atom stereocenters. The first-order valence-electron chi connectivity index (χ1n) is 10.4. The van der Waals surface area contributed by atoms with Crippen LogP contribution in [0.5, 0.6) is 0 Å². The summed E-state index contributed by atoms with van der Waals surface area (Å²) >= 11 is 0. The standard InChI is InChI=1S/C24H36O3/c1-20-10-8-12-21(2)18-23(27-24-15-5-7-17-26-24)14-4-6-16-25-19-22(3)13-9-11-20/h10,13,18,23-24H,5,7-9,11-12,14-17,19H2,1-3H3/b20-10+,21-18+,22-13+. The lowest BCUT2D eigenvalue weighted by Gasteiger charge is -2.26. The summed E-state index contributed by atoms with van der Waals surface area (Å²) in [6.07, 6.45) is 15.1. The molecule has 2 aliphatic heterocycles. The smallest absolute Gasteiger partial charge is 0.158 e. The van der Waals surface area contributed by atoms with Crippen molar-refractivity contribution in [1.29, 1.82) is 0 Å². The van der Waals surface area contributed by atoms with Crippen LogP contribution in [0.3, 0.4) is 0 Å². The Morgan fingerprint density at radius 1 is 0.963 bits per heavy atom. The molecule has 2 unspecified atom stereocenters. The van der Waals surface area contributed by atoms with Crippen molar-refractivity contribution in [2.75, 3.05) is 19.8 Å². The molecule has 1 fully saturated rings. The van der Waals surface area contributed by atoms with Crippen LogP contribution in [-0.2, 0) is 14.2 Å². The number of hydrogen-bond acceptors (Lipinski definition) is 3. The molecule has 3 heteroatoms. The van der Waals surface area contributed by atoms with Crippen LogP contribution in [0.2, 0.25) is 0 Å². The van der Waals surface area contributed by atoms with Gasteiger partial charge in [-0.3, -0.25) is 0 Å². The van der Waals surface area contributed by atoms with Gasteiger partial charge in [0.05, 0.1) is 12.7 Å². The van der Waals surface area contributed by atoms with E-state index in [1.807, 2.05) is 0 Å². The second-order valence-electron chi connectivity index (χ2n) is 7.71. The molecule has 0 N–H and O–H groups in total. The fourth-order valence-electron chi connectivity index (χ4n) is 3.30. The van der Waals surface area contributed by atoms with Crippen LogP contribution in [0.25, 0.3) is 0 Å². The Morgan fingerprint density at radius 3 is 2.52 bits per heavy atom. The predicted molar refractivity (Wildman–Crippen MR) is 111 cm³/mol. The van der Waals surface area contributed by atoms with E-state index < -0.39 is 0 Å². The molecule has 0 aromatic rings. The van der Waals surface area contributed by atoms with E-state index in [1.54, 1.807) is 0 Å². The maximum atomic E-state index is 6.20. The zero-order valence-electron chi connectivity index (χ0n) is 17.4. The van der Waals surface area contributed by atoms with Crippen LogP contribution >= 0.6 is 0 Å². The first-order valence-corrected chi connectivity index (χ1v) is 10.4. The largest absolute Gasteiger partial charge is 0.364 e. The third-order valence-electron chi connectivity index (χ3n) is 4.93. The third-order valence-corrected chi connectivity index (χ3v) is 4.93. The average molecular weight is 373 g/mol. The number of allylic oxidation sites excluding steroid dienone is 4. The highest BCUT2D eigenvalue weighted by Crippen LogP contribution is 2.19. The third kappa shape index (κ3) is 9.96. The summed E-state index contributed by atoms with van der Waals surface area (Å²) in [5, 5.41) is 0. The van der Waals surface area contributed by atoms with Crippen molar-refractivity contribution >= 4 is 0 Å². The minimum Gasteiger partial charge on any atom is -0.364 e. The van der Waals surface area contributed by atoms with Crippen LogP contribution in [-0.4, -0.2) is 32.2 Å². The Bertz CT molecular complexity index is 582. The summed E-state index contributed by atoms with van der Waals surface area (Å²) < 4.78 is 17.6. The summed E-state index contributed by atoms with van der Waals surface area (Å²) in [4.78, 5) is 0. The van der Waals surface area contributed by atoms with Crippen molar-refractivity contribution in [3.05, 3.63) is 34.9 Å². The molecule has 0 aromatic carbocycles. The molecule has 0 aliphatic carbocycles. The molecular weight excluding hydrogens is 336 g/mol. The van der Waals surface area contributed by atoms with Crippen LogP contribution in [0, 0.1) is 11.8 Å². The van der Waals surface area contributed by atoms with Gasteiger partial charge in [-0.1, -0.05) is 46.8 Å². The highest BCUT2D eigenvalue weighted by molar-refractivity contribution is 5.11. The van der Waals surface area contributed by atoms with Gasteiger partial charge in [0.15, 0.2) is 6.29 Å². The lowest BCUT2D eigenvalue weighted by Crippen LogP contribution is -2.27. The summed E-state index contributed by atoms with van der Waals surface area (Å²) in [7, 11) is 0. The Kier molecular flexibility index (Phi) is 10.5. The van der Waals surface area contributed by atoms with E-state index in [0.29, 0.717) is 19.6 Å². The van der Waals surface area contributed by atoms with Crippen molar-refractivity contribution in [2.45, 2.75) is 84.5 Å². The molecule has 0 radical (unpaired) electrons. The van der Waals surface area contributed by atoms with Crippen LogP contribution in [0.4, 0.5) is 0 Å². The molecule has 0 bridgehead atoms. The van der Waals surface area contributed by atoms with Gasteiger partial charge in [-0.15, -0.1) is 0 Å².